The normalized spacial score (nSPS) is 20.5. The molecule has 0 aromatic carbocycles. The molecule has 0 radical (unpaired) electrons. The summed E-state index contributed by atoms with van der Waals surface area (Å²) in [5.74, 6) is -0.670. The Morgan fingerprint density at radius 3 is 2.86 bits per heavy atom. The van der Waals surface area contributed by atoms with Crippen LogP contribution in [-0.2, 0) is 21.2 Å². The van der Waals surface area contributed by atoms with E-state index in [-0.39, 0.29) is 12.3 Å². The zero-order chi connectivity index (χ0) is 15.5. The molecule has 0 amide bonds. The average molecular weight is 331 g/mol. The van der Waals surface area contributed by atoms with Crippen LogP contribution in [0.25, 0.3) is 0 Å². The van der Waals surface area contributed by atoms with Gasteiger partial charge in [0.2, 0.25) is 0 Å². The van der Waals surface area contributed by atoms with E-state index in [0.717, 1.165) is 24.1 Å². The number of thiophene rings is 1. The van der Waals surface area contributed by atoms with E-state index in [0.29, 0.717) is 23.7 Å². The fraction of sp³-hybridized carbons (Fsp3) is 0.643. The van der Waals surface area contributed by atoms with Crippen LogP contribution in [0.5, 0.6) is 0 Å². The number of carboxylic acid groups (broad SMARTS) is 1. The van der Waals surface area contributed by atoms with Crippen LogP contribution in [0.1, 0.15) is 37.5 Å². The van der Waals surface area contributed by atoms with E-state index in [4.69, 9.17) is 5.11 Å². The second-order valence-corrected chi connectivity index (χ2v) is 8.71. The molecule has 1 fully saturated rings. The summed E-state index contributed by atoms with van der Waals surface area (Å²) >= 11 is 1.33. The van der Waals surface area contributed by atoms with E-state index in [1.165, 1.54) is 15.6 Å². The number of piperidine rings is 1. The Bertz CT molecular complexity index is 594. The van der Waals surface area contributed by atoms with Crippen molar-refractivity contribution < 1.29 is 18.3 Å². The standard InChI is InChI=1S/C14H21NO4S2/c1-2-12-6-8-14(20-12)21(18,19)15-9-3-4-11(10-15)5-7-13(16)17/h6,8,11H,2-5,7,9-10H2,1H3,(H,16,17). The lowest BCUT2D eigenvalue weighted by Crippen LogP contribution is -2.39. The van der Waals surface area contributed by atoms with Crippen molar-refractivity contribution in [2.45, 2.75) is 43.2 Å². The van der Waals surface area contributed by atoms with E-state index in [1.807, 2.05) is 13.0 Å². The molecule has 2 heterocycles. The third-order valence-corrected chi connectivity index (χ3v) is 7.39. The maximum absolute atomic E-state index is 12.6. The first kappa shape index (κ1) is 16.5. The number of aliphatic carboxylic acids is 1. The smallest absolute Gasteiger partial charge is 0.303 e. The molecule has 1 aliphatic heterocycles. The molecule has 1 aromatic heterocycles. The van der Waals surface area contributed by atoms with Gasteiger partial charge in [0.25, 0.3) is 10.0 Å². The molecule has 2 rings (SSSR count). The summed E-state index contributed by atoms with van der Waals surface area (Å²) in [7, 11) is -3.42. The van der Waals surface area contributed by atoms with Gasteiger partial charge in [-0.3, -0.25) is 4.79 Å². The van der Waals surface area contributed by atoms with Gasteiger partial charge in [0.05, 0.1) is 0 Å². The van der Waals surface area contributed by atoms with Gasteiger partial charge in [-0.2, -0.15) is 4.31 Å². The lowest BCUT2D eigenvalue weighted by Gasteiger charge is -2.31. The van der Waals surface area contributed by atoms with Gasteiger partial charge in [-0.15, -0.1) is 11.3 Å². The van der Waals surface area contributed by atoms with Crippen molar-refractivity contribution in [2.75, 3.05) is 13.1 Å². The first-order valence-electron chi connectivity index (χ1n) is 7.24. The molecule has 7 heteroatoms. The van der Waals surface area contributed by atoms with Gasteiger partial charge in [0.1, 0.15) is 4.21 Å². The molecule has 1 aliphatic rings. The second-order valence-electron chi connectivity index (χ2n) is 5.38. The minimum Gasteiger partial charge on any atom is -0.481 e. The van der Waals surface area contributed by atoms with Gasteiger partial charge in [-0.05, 0) is 43.7 Å². The van der Waals surface area contributed by atoms with Crippen molar-refractivity contribution in [3.63, 3.8) is 0 Å². The SMILES string of the molecule is CCc1ccc(S(=O)(=O)N2CCCC(CCC(=O)O)C2)s1. The molecule has 0 bridgehead atoms. The van der Waals surface area contributed by atoms with Crippen LogP contribution in [0.4, 0.5) is 0 Å². The number of carboxylic acids is 1. The van der Waals surface area contributed by atoms with Crippen molar-refractivity contribution in [2.24, 2.45) is 5.92 Å². The summed E-state index contributed by atoms with van der Waals surface area (Å²) < 4.78 is 27.2. The van der Waals surface area contributed by atoms with E-state index in [1.54, 1.807) is 6.07 Å². The maximum Gasteiger partial charge on any atom is 0.303 e. The van der Waals surface area contributed by atoms with E-state index >= 15 is 0 Å². The van der Waals surface area contributed by atoms with Gasteiger partial charge in [-0.25, -0.2) is 8.42 Å². The average Bonchev–Trinajstić information content (AvgIpc) is 2.95. The van der Waals surface area contributed by atoms with Crippen LogP contribution in [-0.4, -0.2) is 36.9 Å². The number of sulfonamides is 1. The Morgan fingerprint density at radius 1 is 1.48 bits per heavy atom. The third-order valence-electron chi connectivity index (χ3n) is 3.83. The lowest BCUT2D eigenvalue weighted by atomic mass is 9.95. The zero-order valence-corrected chi connectivity index (χ0v) is 13.8. The van der Waals surface area contributed by atoms with E-state index in [9.17, 15) is 13.2 Å². The van der Waals surface area contributed by atoms with Gasteiger partial charge in [0.15, 0.2) is 0 Å². The molecule has 1 N–H and O–H groups in total. The molecule has 1 atom stereocenters. The second kappa shape index (κ2) is 6.89. The van der Waals surface area contributed by atoms with E-state index < -0.39 is 16.0 Å². The predicted molar refractivity (Wildman–Crippen MR) is 82.0 cm³/mol. The molecule has 0 saturated carbocycles. The van der Waals surface area contributed by atoms with Crippen LogP contribution in [0, 0.1) is 5.92 Å². The quantitative estimate of drug-likeness (QED) is 0.869. The Balaban J connectivity index is 2.07. The van der Waals surface area contributed by atoms with Gasteiger partial charge in [-0.1, -0.05) is 6.92 Å². The molecule has 118 valence electrons. The van der Waals surface area contributed by atoms with Crippen molar-refractivity contribution in [3.8, 4) is 0 Å². The Labute approximate surface area is 129 Å². The van der Waals surface area contributed by atoms with Crippen LogP contribution in [0.15, 0.2) is 16.3 Å². The Hall–Kier alpha value is -0.920. The highest BCUT2D eigenvalue weighted by atomic mass is 32.2. The summed E-state index contributed by atoms with van der Waals surface area (Å²) in [6, 6.07) is 3.54. The van der Waals surface area contributed by atoms with Crippen LogP contribution in [0.3, 0.4) is 0 Å². The summed E-state index contributed by atoms with van der Waals surface area (Å²) in [6.07, 6.45) is 3.20. The number of nitrogens with zero attached hydrogens (tertiary/aromatic N) is 1. The highest BCUT2D eigenvalue weighted by Crippen LogP contribution is 2.29. The van der Waals surface area contributed by atoms with Crippen molar-refractivity contribution in [1.82, 2.24) is 4.31 Å². The highest BCUT2D eigenvalue weighted by molar-refractivity contribution is 7.91. The fourth-order valence-corrected chi connectivity index (χ4v) is 5.63. The molecule has 21 heavy (non-hydrogen) atoms. The first-order valence-corrected chi connectivity index (χ1v) is 9.49. The van der Waals surface area contributed by atoms with Gasteiger partial charge >= 0.3 is 5.97 Å². The largest absolute Gasteiger partial charge is 0.481 e. The zero-order valence-electron chi connectivity index (χ0n) is 12.1. The molecule has 1 aromatic rings. The fourth-order valence-electron chi connectivity index (χ4n) is 2.62. The molecular weight excluding hydrogens is 310 g/mol. The summed E-state index contributed by atoms with van der Waals surface area (Å²) in [4.78, 5) is 11.7. The Kier molecular flexibility index (Phi) is 5.40. The van der Waals surface area contributed by atoms with Crippen molar-refractivity contribution >= 4 is 27.3 Å². The Morgan fingerprint density at radius 2 is 2.24 bits per heavy atom. The molecule has 1 saturated heterocycles. The topological polar surface area (TPSA) is 74.7 Å². The number of carbonyl (C=O) groups is 1. The predicted octanol–water partition coefficient (Wildman–Crippen LogP) is 2.58. The molecule has 0 aliphatic carbocycles. The monoisotopic (exact) mass is 331 g/mol. The minimum atomic E-state index is -3.42. The van der Waals surface area contributed by atoms with Gasteiger partial charge in [0, 0.05) is 24.4 Å². The third kappa shape index (κ3) is 4.05. The first-order chi connectivity index (χ1) is 9.93. The molecule has 5 nitrogen and oxygen atoms in total. The van der Waals surface area contributed by atoms with E-state index in [2.05, 4.69) is 0 Å². The molecule has 0 spiro atoms. The lowest BCUT2D eigenvalue weighted by molar-refractivity contribution is -0.137. The van der Waals surface area contributed by atoms with Crippen LogP contribution in [0.2, 0.25) is 0 Å². The number of hydrogen-bond donors (Lipinski definition) is 1. The summed E-state index contributed by atoms with van der Waals surface area (Å²) in [6.45, 7) is 2.98. The number of aryl methyl sites for hydroxylation is 1. The van der Waals surface area contributed by atoms with Crippen molar-refractivity contribution in [3.05, 3.63) is 17.0 Å². The summed E-state index contributed by atoms with van der Waals surface area (Å²) in [5, 5.41) is 8.75. The number of hydrogen-bond acceptors (Lipinski definition) is 4. The highest BCUT2D eigenvalue weighted by Gasteiger charge is 2.31. The molecular formula is C14H21NO4S2. The van der Waals surface area contributed by atoms with Crippen molar-refractivity contribution in [1.29, 1.82) is 0 Å². The van der Waals surface area contributed by atoms with Crippen LogP contribution < -0.4 is 0 Å². The molecule has 1 unspecified atom stereocenters. The van der Waals surface area contributed by atoms with Crippen LogP contribution >= 0.6 is 11.3 Å². The van der Waals surface area contributed by atoms with Gasteiger partial charge < -0.3 is 5.11 Å². The minimum absolute atomic E-state index is 0.109. The number of rotatable bonds is 6. The maximum atomic E-state index is 12.6. The summed E-state index contributed by atoms with van der Waals surface area (Å²) in [5.41, 5.74) is 0.